The predicted octanol–water partition coefficient (Wildman–Crippen LogP) is 3.42. The third-order valence-corrected chi connectivity index (χ3v) is 3.11. The van der Waals surface area contributed by atoms with Crippen molar-refractivity contribution in [3.63, 3.8) is 0 Å². The van der Waals surface area contributed by atoms with Crippen LogP contribution >= 0.6 is 0 Å². The topological polar surface area (TPSA) is 17.0 Å². The molecule has 1 aromatic rings. The fourth-order valence-electron chi connectivity index (χ4n) is 2.09. The second kappa shape index (κ2) is 6.74. The van der Waals surface area contributed by atoms with Crippen molar-refractivity contribution in [3.05, 3.63) is 24.0 Å². The number of hydrogen-bond donors (Lipinski definition) is 1. The van der Waals surface area contributed by atoms with E-state index in [1.165, 1.54) is 18.4 Å². The van der Waals surface area contributed by atoms with E-state index in [0.29, 0.717) is 12.0 Å². The molecular weight excluding hydrogens is 196 g/mol. The first-order chi connectivity index (χ1) is 7.67. The van der Waals surface area contributed by atoms with Gasteiger partial charge in [-0.3, -0.25) is 0 Å². The Morgan fingerprint density at radius 1 is 1.31 bits per heavy atom. The molecule has 0 aliphatic carbocycles. The predicted molar refractivity (Wildman–Crippen MR) is 70.5 cm³/mol. The molecular formula is C14H26N2. The summed E-state index contributed by atoms with van der Waals surface area (Å²) in [6.07, 6.45) is 6.83. The van der Waals surface area contributed by atoms with Crippen LogP contribution in [-0.4, -0.2) is 10.6 Å². The molecule has 1 atom stereocenters. The number of nitrogens with zero attached hydrogens (tertiary/aromatic N) is 1. The van der Waals surface area contributed by atoms with Crippen LogP contribution in [0.2, 0.25) is 0 Å². The Morgan fingerprint density at radius 3 is 2.62 bits per heavy atom. The van der Waals surface area contributed by atoms with Crippen LogP contribution in [0.1, 0.15) is 46.1 Å². The average Bonchev–Trinajstić information content (AvgIpc) is 2.67. The van der Waals surface area contributed by atoms with Crippen LogP contribution in [0.25, 0.3) is 0 Å². The summed E-state index contributed by atoms with van der Waals surface area (Å²) in [5.41, 5.74) is 1.40. The van der Waals surface area contributed by atoms with E-state index in [2.05, 4.69) is 56.0 Å². The van der Waals surface area contributed by atoms with Gasteiger partial charge in [0.15, 0.2) is 0 Å². The van der Waals surface area contributed by atoms with Gasteiger partial charge in [0, 0.05) is 31.5 Å². The third kappa shape index (κ3) is 4.01. The first-order valence-corrected chi connectivity index (χ1v) is 6.55. The van der Waals surface area contributed by atoms with E-state index in [1.54, 1.807) is 0 Å². The lowest BCUT2D eigenvalue weighted by atomic mass is 10.0. The standard InChI is InChI=1S/C14H26N2/c1-5-8-16-9-7-13(11-16)10-15-14(6-2)12(3)4/h7,9,11-12,14-15H,5-6,8,10H2,1-4H3. The summed E-state index contributed by atoms with van der Waals surface area (Å²) in [6.45, 7) is 11.1. The first-order valence-electron chi connectivity index (χ1n) is 6.55. The molecule has 1 unspecified atom stereocenters. The summed E-state index contributed by atoms with van der Waals surface area (Å²) in [4.78, 5) is 0. The summed E-state index contributed by atoms with van der Waals surface area (Å²) in [5, 5.41) is 3.63. The summed E-state index contributed by atoms with van der Waals surface area (Å²) < 4.78 is 2.27. The largest absolute Gasteiger partial charge is 0.354 e. The van der Waals surface area contributed by atoms with E-state index >= 15 is 0 Å². The molecule has 16 heavy (non-hydrogen) atoms. The maximum absolute atomic E-state index is 3.63. The fourth-order valence-corrected chi connectivity index (χ4v) is 2.09. The number of nitrogens with one attached hydrogen (secondary N) is 1. The zero-order valence-corrected chi connectivity index (χ0v) is 11.2. The van der Waals surface area contributed by atoms with Crippen LogP contribution in [0.5, 0.6) is 0 Å². The number of aromatic nitrogens is 1. The van der Waals surface area contributed by atoms with Gasteiger partial charge in [-0.05, 0) is 30.4 Å². The summed E-state index contributed by atoms with van der Waals surface area (Å²) in [5.74, 6) is 0.711. The molecule has 92 valence electrons. The first kappa shape index (κ1) is 13.3. The highest BCUT2D eigenvalue weighted by atomic mass is 15.0. The Balaban J connectivity index is 2.41. The molecule has 0 aliphatic heterocycles. The molecule has 0 saturated carbocycles. The Bertz CT molecular complexity index is 289. The lowest BCUT2D eigenvalue weighted by Gasteiger charge is -2.20. The molecule has 0 aromatic carbocycles. The molecule has 1 rings (SSSR count). The molecule has 0 radical (unpaired) electrons. The fraction of sp³-hybridized carbons (Fsp3) is 0.714. The monoisotopic (exact) mass is 222 g/mol. The van der Waals surface area contributed by atoms with Gasteiger partial charge in [-0.15, -0.1) is 0 Å². The molecule has 0 saturated heterocycles. The Labute approximate surface area is 100 Å². The lowest BCUT2D eigenvalue weighted by Crippen LogP contribution is -2.32. The second-order valence-corrected chi connectivity index (χ2v) is 4.90. The van der Waals surface area contributed by atoms with E-state index in [-0.39, 0.29) is 0 Å². The number of rotatable bonds is 7. The minimum Gasteiger partial charge on any atom is -0.354 e. The maximum Gasteiger partial charge on any atom is 0.0223 e. The lowest BCUT2D eigenvalue weighted by molar-refractivity contribution is 0.387. The highest BCUT2D eigenvalue weighted by molar-refractivity contribution is 5.10. The van der Waals surface area contributed by atoms with Gasteiger partial charge < -0.3 is 9.88 Å². The summed E-state index contributed by atoms with van der Waals surface area (Å²) in [7, 11) is 0. The maximum atomic E-state index is 3.63. The zero-order valence-electron chi connectivity index (χ0n) is 11.2. The molecule has 0 bridgehead atoms. The van der Waals surface area contributed by atoms with Gasteiger partial charge in [-0.25, -0.2) is 0 Å². The molecule has 2 heteroatoms. The van der Waals surface area contributed by atoms with E-state index in [1.807, 2.05) is 0 Å². The van der Waals surface area contributed by atoms with Crippen molar-refractivity contribution in [2.24, 2.45) is 5.92 Å². The van der Waals surface area contributed by atoms with Crippen LogP contribution in [0.3, 0.4) is 0 Å². The van der Waals surface area contributed by atoms with Gasteiger partial charge in [0.1, 0.15) is 0 Å². The average molecular weight is 222 g/mol. The quantitative estimate of drug-likeness (QED) is 0.748. The molecule has 2 nitrogen and oxygen atoms in total. The van der Waals surface area contributed by atoms with Crippen LogP contribution in [0.15, 0.2) is 18.5 Å². The van der Waals surface area contributed by atoms with Crippen LogP contribution in [-0.2, 0) is 13.1 Å². The number of aryl methyl sites for hydroxylation is 1. The summed E-state index contributed by atoms with van der Waals surface area (Å²) >= 11 is 0. The van der Waals surface area contributed by atoms with Gasteiger partial charge in [-0.1, -0.05) is 27.7 Å². The molecule has 0 amide bonds. The molecule has 0 spiro atoms. The Kier molecular flexibility index (Phi) is 5.61. The SMILES string of the molecule is CCCn1ccc(CNC(CC)C(C)C)c1. The molecule has 1 aromatic heterocycles. The van der Waals surface area contributed by atoms with Crippen LogP contribution in [0, 0.1) is 5.92 Å². The normalized spacial score (nSPS) is 13.3. The molecule has 1 heterocycles. The Morgan fingerprint density at radius 2 is 2.06 bits per heavy atom. The van der Waals surface area contributed by atoms with Crippen molar-refractivity contribution < 1.29 is 0 Å². The van der Waals surface area contributed by atoms with Crippen molar-refractivity contribution >= 4 is 0 Å². The van der Waals surface area contributed by atoms with Gasteiger partial charge >= 0.3 is 0 Å². The van der Waals surface area contributed by atoms with E-state index in [9.17, 15) is 0 Å². The van der Waals surface area contributed by atoms with Crippen LogP contribution in [0.4, 0.5) is 0 Å². The smallest absolute Gasteiger partial charge is 0.0223 e. The zero-order chi connectivity index (χ0) is 12.0. The summed E-state index contributed by atoms with van der Waals surface area (Å²) in [6, 6.07) is 2.85. The highest BCUT2D eigenvalue weighted by Crippen LogP contribution is 2.08. The van der Waals surface area contributed by atoms with Gasteiger partial charge in [-0.2, -0.15) is 0 Å². The van der Waals surface area contributed by atoms with Crippen LogP contribution < -0.4 is 5.32 Å². The minimum absolute atomic E-state index is 0.634. The van der Waals surface area contributed by atoms with E-state index in [4.69, 9.17) is 0 Å². The third-order valence-electron chi connectivity index (χ3n) is 3.11. The molecule has 1 N–H and O–H groups in total. The molecule has 0 fully saturated rings. The van der Waals surface area contributed by atoms with E-state index < -0.39 is 0 Å². The van der Waals surface area contributed by atoms with Crippen molar-refractivity contribution in [1.82, 2.24) is 9.88 Å². The molecule has 0 aliphatic rings. The Hall–Kier alpha value is -0.760. The second-order valence-electron chi connectivity index (χ2n) is 4.90. The van der Waals surface area contributed by atoms with Crippen molar-refractivity contribution in [3.8, 4) is 0 Å². The van der Waals surface area contributed by atoms with Gasteiger partial charge in [0.2, 0.25) is 0 Å². The van der Waals surface area contributed by atoms with Gasteiger partial charge in [0.25, 0.3) is 0 Å². The highest BCUT2D eigenvalue weighted by Gasteiger charge is 2.09. The van der Waals surface area contributed by atoms with Gasteiger partial charge in [0.05, 0.1) is 0 Å². The van der Waals surface area contributed by atoms with Crippen molar-refractivity contribution in [2.45, 2.75) is 59.7 Å². The minimum atomic E-state index is 0.634. The number of hydrogen-bond acceptors (Lipinski definition) is 1. The van der Waals surface area contributed by atoms with E-state index in [0.717, 1.165) is 13.1 Å². The van der Waals surface area contributed by atoms with Crippen molar-refractivity contribution in [2.75, 3.05) is 0 Å². The van der Waals surface area contributed by atoms with Crippen molar-refractivity contribution in [1.29, 1.82) is 0 Å².